The third-order valence-electron chi connectivity index (χ3n) is 3.08. The van der Waals surface area contributed by atoms with Gasteiger partial charge in [-0.15, -0.1) is 0 Å². The zero-order chi connectivity index (χ0) is 25.5. The normalized spacial score (nSPS) is 10.6. The fourth-order valence-electron chi connectivity index (χ4n) is 1.86. The van der Waals surface area contributed by atoms with Gasteiger partial charge in [0.1, 0.15) is 11.2 Å². The molecule has 184 valence electrons. The number of aryl methyl sites for hydroxylation is 1. The predicted octanol–water partition coefficient (Wildman–Crippen LogP) is 5.61. The Kier molecular flexibility index (Phi) is 14.7. The van der Waals surface area contributed by atoms with Gasteiger partial charge in [0.15, 0.2) is 0 Å². The number of carbonyl (C=O) groups is 2. The summed E-state index contributed by atoms with van der Waals surface area (Å²) >= 11 is 0. The van der Waals surface area contributed by atoms with E-state index >= 15 is 0 Å². The highest BCUT2D eigenvalue weighted by atomic mass is 16.6. The molecule has 0 atom stereocenters. The van der Waals surface area contributed by atoms with Crippen molar-refractivity contribution in [2.75, 3.05) is 6.54 Å². The minimum absolute atomic E-state index is 0.129. The molecule has 9 nitrogen and oxygen atoms in total. The van der Waals surface area contributed by atoms with Gasteiger partial charge in [-0.3, -0.25) is 10.1 Å². The van der Waals surface area contributed by atoms with Crippen molar-refractivity contribution in [3.05, 3.63) is 39.9 Å². The summed E-state index contributed by atoms with van der Waals surface area (Å²) in [6.45, 7) is 19.3. The van der Waals surface area contributed by atoms with E-state index in [1.54, 1.807) is 12.1 Å². The molecule has 0 aromatic heterocycles. The van der Waals surface area contributed by atoms with Crippen LogP contribution in [0.25, 0.3) is 0 Å². The monoisotopic (exact) mass is 455 g/mol. The number of rotatable bonds is 4. The summed E-state index contributed by atoms with van der Waals surface area (Å²) in [7, 11) is 0. The number of nitro benzene ring substituents is 1. The van der Waals surface area contributed by atoms with Gasteiger partial charge in [-0.25, -0.2) is 9.59 Å². The predicted molar refractivity (Wildman–Crippen MR) is 127 cm³/mol. The summed E-state index contributed by atoms with van der Waals surface area (Å²) in [6, 6.07) is 6.73. The van der Waals surface area contributed by atoms with Crippen LogP contribution in [0.5, 0.6) is 0 Å². The maximum atomic E-state index is 10.9. The molecule has 1 aromatic rings. The van der Waals surface area contributed by atoms with Gasteiger partial charge < -0.3 is 20.1 Å². The Balaban J connectivity index is 0. The number of hydrogen-bond acceptors (Lipinski definition) is 6. The van der Waals surface area contributed by atoms with Crippen LogP contribution in [0.3, 0.4) is 0 Å². The summed E-state index contributed by atoms with van der Waals surface area (Å²) in [5.41, 5.74) is 0.482. The quantitative estimate of drug-likeness (QED) is 0.450. The van der Waals surface area contributed by atoms with Crippen LogP contribution in [0.4, 0.5) is 15.3 Å². The molecule has 1 rings (SSSR count). The number of nitrogens with zero attached hydrogens (tertiary/aromatic N) is 1. The van der Waals surface area contributed by atoms with E-state index in [9.17, 15) is 19.7 Å². The summed E-state index contributed by atoms with van der Waals surface area (Å²) in [6.07, 6.45) is 0.209. The second-order valence-electron chi connectivity index (χ2n) is 9.11. The first-order chi connectivity index (χ1) is 14.5. The minimum Gasteiger partial charge on any atom is -0.444 e. The van der Waals surface area contributed by atoms with E-state index in [0.717, 1.165) is 12.0 Å². The second-order valence-corrected chi connectivity index (χ2v) is 9.11. The molecule has 1 aromatic carbocycles. The van der Waals surface area contributed by atoms with Crippen LogP contribution in [0.1, 0.15) is 74.8 Å². The Morgan fingerprint density at radius 3 is 1.69 bits per heavy atom. The maximum absolute atomic E-state index is 10.9. The number of benzene rings is 1. The van der Waals surface area contributed by atoms with Crippen molar-refractivity contribution >= 4 is 17.9 Å². The molecule has 0 bridgehead atoms. The van der Waals surface area contributed by atoms with E-state index in [-0.39, 0.29) is 34.4 Å². The van der Waals surface area contributed by atoms with Gasteiger partial charge in [-0.1, -0.05) is 19.1 Å². The molecule has 0 heterocycles. The highest BCUT2D eigenvalue weighted by molar-refractivity contribution is 5.68. The molecular weight excluding hydrogens is 414 g/mol. The van der Waals surface area contributed by atoms with Crippen molar-refractivity contribution in [1.29, 1.82) is 0 Å². The first-order valence-corrected chi connectivity index (χ1v) is 10.7. The van der Waals surface area contributed by atoms with Crippen molar-refractivity contribution in [1.82, 2.24) is 10.6 Å². The molecule has 0 saturated carbocycles. The average Bonchev–Trinajstić information content (AvgIpc) is 2.59. The molecule has 0 aliphatic heterocycles. The Morgan fingerprint density at radius 1 is 0.938 bits per heavy atom. The third kappa shape index (κ3) is 20.4. The highest BCUT2D eigenvalue weighted by Gasteiger charge is 2.16. The van der Waals surface area contributed by atoms with Crippen LogP contribution in [-0.4, -0.2) is 40.9 Å². The Bertz CT molecular complexity index is 689. The van der Waals surface area contributed by atoms with Gasteiger partial charge in [-0.05, 0) is 74.3 Å². The van der Waals surface area contributed by atoms with Crippen LogP contribution in [0.15, 0.2) is 24.3 Å². The summed E-state index contributed by atoms with van der Waals surface area (Å²) < 4.78 is 9.93. The van der Waals surface area contributed by atoms with E-state index < -0.39 is 5.60 Å². The van der Waals surface area contributed by atoms with Gasteiger partial charge in [0.2, 0.25) is 0 Å². The fraction of sp³-hybridized carbons (Fsp3) is 0.652. The van der Waals surface area contributed by atoms with Crippen molar-refractivity contribution in [2.24, 2.45) is 0 Å². The number of nitro groups is 1. The lowest BCUT2D eigenvalue weighted by atomic mass is 10.2. The van der Waals surface area contributed by atoms with Crippen LogP contribution in [-0.2, 0) is 15.9 Å². The molecule has 0 spiro atoms. The van der Waals surface area contributed by atoms with Gasteiger partial charge in [0.05, 0.1) is 4.92 Å². The van der Waals surface area contributed by atoms with E-state index in [2.05, 4.69) is 10.6 Å². The van der Waals surface area contributed by atoms with Crippen LogP contribution in [0.2, 0.25) is 0 Å². The number of nitrogens with one attached hydrogen (secondary N) is 2. The number of hydrogen-bond donors (Lipinski definition) is 2. The SMILES string of the molecule is CC(C)NC(=O)OC(C)(C)C.CCNC(=O)OC(C)(C)C.CCc1ccc([N+](=O)[O-])cc1. The van der Waals surface area contributed by atoms with Crippen molar-refractivity contribution in [2.45, 2.75) is 92.9 Å². The topological polar surface area (TPSA) is 120 Å². The molecule has 32 heavy (non-hydrogen) atoms. The van der Waals surface area contributed by atoms with Gasteiger partial charge in [0, 0.05) is 24.7 Å². The van der Waals surface area contributed by atoms with Crippen molar-refractivity contribution in [3.63, 3.8) is 0 Å². The maximum Gasteiger partial charge on any atom is 0.407 e. The molecule has 0 unspecified atom stereocenters. The lowest BCUT2D eigenvalue weighted by Gasteiger charge is -2.20. The summed E-state index contributed by atoms with van der Waals surface area (Å²) in [5.74, 6) is 0. The van der Waals surface area contributed by atoms with Crippen LogP contribution < -0.4 is 10.6 Å². The molecule has 9 heteroatoms. The molecule has 2 amide bonds. The van der Waals surface area contributed by atoms with Gasteiger partial charge in [0.25, 0.3) is 5.69 Å². The molecule has 0 radical (unpaired) electrons. The molecule has 0 aliphatic rings. The molecule has 0 saturated heterocycles. The largest absolute Gasteiger partial charge is 0.444 e. The number of non-ortho nitro benzene ring substituents is 1. The molecule has 2 N–H and O–H groups in total. The third-order valence-corrected chi connectivity index (χ3v) is 3.08. The zero-order valence-electron chi connectivity index (χ0n) is 21.2. The van der Waals surface area contributed by atoms with E-state index in [1.165, 1.54) is 12.1 Å². The van der Waals surface area contributed by atoms with E-state index in [1.807, 2.05) is 69.2 Å². The van der Waals surface area contributed by atoms with Crippen LogP contribution >= 0.6 is 0 Å². The molecule has 0 fully saturated rings. The van der Waals surface area contributed by atoms with Crippen molar-refractivity contribution < 1.29 is 24.0 Å². The minimum atomic E-state index is -0.404. The zero-order valence-corrected chi connectivity index (χ0v) is 21.2. The molecule has 0 aliphatic carbocycles. The second kappa shape index (κ2) is 15.0. The smallest absolute Gasteiger partial charge is 0.407 e. The fourth-order valence-corrected chi connectivity index (χ4v) is 1.86. The number of ether oxygens (including phenoxy) is 2. The Hall–Kier alpha value is -2.84. The molecular formula is C23H41N3O6. The standard InChI is InChI=1S/C8H9NO2.C8H17NO2.C7H15NO2/c1-2-7-3-5-8(6-4-7)9(10)11;1-6(2)9-7(10)11-8(3,4)5;1-5-8-6(9)10-7(2,3)4/h3-6H,2H2,1H3;6H,1-5H3,(H,9,10);5H2,1-4H3,(H,8,9). The number of amides is 2. The van der Waals surface area contributed by atoms with E-state index in [4.69, 9.17) is 9.47 Å². The number of alkyl carbamates (subject to hydrolysis) is 2. The first-order valence-electron chi connectivity index (χ1n) is 10.7. The van der Waals surface area contributed by atoms with Crippen molar-refractivity contribution in [3.8, 4) is 0 Å². The summed E-state index contributed by atoms with van der Waals surface area (Å²) in [4.78, 5) is 31.5. The Morgan fingerprint density at radius 2 is 1.38 bits per heavy atom. The average molecular weight is 456 g/mol. The summed E-state index contributed by atoms with van der Waals surface area (Å²) in [5, 5.41) is 15.4. The first kappa shape index (κ1) is 31.3. The lowest BCUT2D eigenvalue weighted by molar-refractivity contribution is -0.384. The Labute approximate surface area is 192 Å². The van der Waals surface area contributed by atoms with E-state index in [0.29, 0.717) is 6.54 Å². The highest BCUT2D eigenvalue weighted by Crippen LogP contribution is 2.11. The van der Waals surface area contributed by atoms with Crippen LogP contribution in [0, 0.1) is 10.1 Å². The van der Waals surface area contributed by atoms with Gasteiger partial charge in [-0.2, -0.15) is 0 Å². The lowest BCUT2D eigenvalue weighted by Crippen LogP contribution is -2.36. The van der Waals surface area contributed by atoms with Gasteiger partial charge >= 0.3 is 12.2 Å². The number of carbonyl (C=O) groups excluding carboxylic acids is 2.